The molecule has 0 saturated carbocycles. The molecular weight excluding hydrogens is 457 g/mol. The van der Waals surface area contributed by atoms with Crippen molar-refractivity contribution in [2.45, 2.75) is 51.7 Å². The van der Waals surface area contributed by atoms with Gasteiger partial charge in [0, 0.05) is 24.2 Å². The van der Waals surface area contributed by atoms with Gasteiger partial charge in [0.25, 0.3) is 5.91 Å². The quantitative estimate of drug-likeness (QED) is 0.395. The number of benzene rings is 2. The Kier molecular flexibility index (Phi) is 9.02. The van der Waals surface area contributed by atoms with Crippen LogP contribution in [0.1, 0.15) is 48.9 Å². The molecule has 2 unspecified atom stereocenters. The second-order valence-corrected chi connectivity index (χ2v) is 9.28. The Morgan fingerprint density at radius 3 is 2.56 bits per heavy atom. The van der Waals surface area contributed by atoms with Gasteiger partial charge in [-0.05, 0) is 75.1 Å². The Balaban J connectivity index is 1.79. The molecule has 0 spiro atoms. The number of carbonyl (C=O) groups excluding carboxylic acids is 1. The van der Waals surface area contributed by atoms with E-state index in [4.69, 9.17) is 9.47 Å². The minimum absolute atomic E-state index is 0.0158. The largest absolute Gasteiger partial charge is 0.491 e. The summed E-state index contributed by atoms with van der Waals surface area (Å²) in [6.07, 6.45) is 2.30. The van der Waals surface area contributed by atoms with Crippen LogP contribution in [0, 0.1) is 18.3 Å². The van der Waals surface area contributed by atoms with Crippen molar-refractivity contribution in [2.24, 2.45) is 0 Å². The molecule has 1 amide bonds. The molecule has 36 heavy (non-hydrogen) atoms. The molecule has 0 aliphatic carbocycles. The van der Waals surface area contributed by atoms with Crippen molar-refractivity contribution in [2.75, 3.05) is 13.3 Å². The SMILES string of the molecule is Cc1ccc(OC(C)(C)C(=O)NC(C)C(Cc2ccc(OCCF)cc2)c2cccc(C#N)c2)nc1. The van der Waals surface area contributed by atoms with Gasteiger partial charge < -0.3 is 14.8 Å². The number of hydrogen-bond acceptors (Lipinski definition) is 5. The lowest BCUT2D eigenvalue weighted by Crippen LogP contribution is -2.51. The minimum Gasteiger partial charge on any atom is -0.491 e. The first-order chi connectivity index (χ1) is 17.2. The van der Waals surface area contributed by atoms with Crippen LogP contribution in [0.15, 0.2) is 66.9 Å². The normalized spacial score (nSPS) is 12.8. The zero-order chi connectivity index (χ0) is 26.1. The van der Waals surface area contributed by atoms with Crippen molar-refractivity contribution in [1.82, 2.24) is 10.3 Å². The maximum atomic E-state index is 13.2. The van der Waals surface area contributed by atoms with Crippen LogP contribution in [-0.4, -0.2) is 35.8 Å². The Labute approximate surface area is 212 Å². The van der Waals surface area contributed by atoms with E-state index in [2.05, 4.69) is 16.4 Å². The Bertz CT molecular complexity index is 1190. The molecule has 7 heteroatoms. The number of aromatic nitrogens is 1. The van der Waals surface area contributed by atoms with Crippen molar-refractivity contribution in [3.63, 3.8) is 0 Å². The Morgan fingerprint density at radius 2 is 1.92 bits per heavy atom. The van der Waals surface area contributed by atoms with Gasteiger partial charge in [0.15, 0.2) is 5.60 Å². The maximum absolute atomic E-state index is 13.2. The molecule has 0 radical (unpaired) electrons. The number of ether oxygens (including phenoxy) is 2. The fourth-order valence-corrected chi connectivity index (χ4v) is 3.86. The molecule has 3 aromatic rings. The lowest BCUT2D eigenvalue weighted by Gasteiger charge is -2.30. The first-order valence-electron chi connectivity index (χ1n) is 11.9. The van der Waals surface area contributed by atoms with Gasteiger partial charge in [0.2, 0.25) is 5.88 Å². The summed E-state index contributed by atoms with van der Waals surface area (Å²) in [7, 11) is 0. The third kappa shape index (κ3) is 7.29. The molecule has 2 atom stereocenters. The zero-order valence-electron chi connectivity index (χ0n) is 21.1. The third-order valence-corrected chi connectivity index (χ3v) is 5.92. The van der Waals surface area contributed by atoms with Crippen LogP contribution in [0.3, 0.4) is 0 Å². The van der Waals surface area contributed by atoms with Crippen LogP contribution in [0.2, 0.25) is 0 Å². The van der Waals surface area contributed by atoms with E-state index >= 15 is 0 Å². The summed E-state index contributed by atoms with van der Waals surface area (Å²) in [6, 6.07) is 20.4. The molecule has 0 fully saturated rings. The summed E-state index contributed by atoms with van der Waals surface area (Å²) < 4.78 is 23.6. The standard InChI is InChI=1S/C29H32FN3O3/c1-20-8-13-27(32-19-20)36-29(3,4)28(34)33-21(2)26(24-7-5-6-23(16-24)18-31)17-22-9-11-25(12-10-22)35-15-14-30/h5-13,16,19,21,26H,14-15,17H2,1-4H3,(H,33,34). The number of pyridine rings is 1. The summed E-state index contributed by atoms with van der Waals surface area (Å²) in [6.45, 7) is 6.76. The van der Waals surface area contributed by atoms with E-state index in [0.717, 1.165) is 16.7 Å². The first-order valence-corrected chi connectivity index (χ1v) is 11.9. The van der Waals surface area contributed by atoms with Gasteiger partial charge in [-0.15, -0.1) is 0 Å². The highest BCUT2D eigenvalue weighted by Gasteiger charge is 2.33. The molecule has 188 valence electrons. The lowest BCUT2D eigenvalue weighted by atomic mass is 9.85. The number of halogens is 1. The van der Waals surface area contributed by atoms with E-state index in [0.29, 0.717) is 23.6 Å². The zero-order valence-corrected chi connectivity index (χ0v) is 21.1. The molecule has 0 bridgehead atoms. The van der Waals surface area contributed by atoms with Crippen LogP contribution in [0.25, 0.3) is 0 Å². The summed E-state index contributed by atoms with van der Waals surface area (Å²) in [4.78, 5) is 17.5. The molecule has 1 heterocycles. The van der Waals surface area contributed by atoms with Crippen LogP contribution in [0.5, 0.6) is 11.6 Å². The number of nitrogens with zero attached hydrogens (tertiary/aromatic N) is 2. The first kappa shape index (κ1) is 26.7. The van der Waals surface area contributed by atoms with E-state index in [1.165, 1.54) is 0 Å². The molecule has 1 N–H and O–H groups in total. The fourth-order valence-electron chi connectivity index (χ4n) is 3.86. The van der Waals surface area contributed by atoms with E-state index in [1.807, 2.05) is 62.4 Å². The number of carbonyl (C=O) groups is 1. The topological polar surface area (TPSA) is 84.2 Å². The number of alkyl halides is 1. The number of nitriles is 1. The lowest BCUT2D eigenvalue weighted by molar-refractivity contribution is -0.135. The molecule has 1 aromatic heterocycles. The van der Waals surface area contributed by atoms with Gasteiger partial charge in [-0.25, -0.2) is 9.37 Å². The average Bonchev–Trinajstić information content (AvgIpc) is 2.87. The summed E-state index contributed by atoms with van der Waals surface area (Å²) in [5, 5.41) is 12.5. The number of amides is 1. The smallest absolute Gasteiger partial charge is 0.263 e. The van der Waals surface area contributed by atoms with Crippen molar-refractivity contribution >= 4 is 5.91 Å². The van der Waals surface area contributed by atoms with Crippen molar-refractivity contribution in [3.05, 3.63) is 89.1 Å². The van der Waals surface area contributed by atoms with E-state index in [9.17, 15) is 14.4 Å². The Hall–Kier alpha value is -3.92. The van der Waals surface area contributed by atoms with E-state index in [-0.39, 0.29) is 24.5 Å². The number of nitrogens with one attached hydrogen (secondary N) is 1. The highest BCUT2D eigenvalue weighted by molar-refractivity contribution is 5.85. The van der Waals surface area contributed by atoms with Gasteiger partial charge in [0.1, 0.15) is 19.0 Å². The van der Waals surface area contributed by atoms with Crippen LogP contribution in [-0.2, 0) is 11.2 Å². The molecule has 2 aromatic carbocycles. The number of hydrogen-bond donors (Lipinski definition) is 1. The highest BCUT2D eigenvalue weighted by atomic mass is 19.1. The fraction of sp³-hybridized carbons (Fsp3) is 0.345. The maximum Gasteiger partial charge on any atom is 0.263 e. The van der Waals surface area contributed by atoms with Gasteiger partial charge in [-0.2, -0.15) is 5.26 Å². The third-order valence-electron chi connectivity index (χ3n) is 5.92. The summed E-state index contributed by atoms with van der Waals surface area (Å²) in [5.41, 5.74) is 2.38. The second-order valence-electron chi connectivity index (χ2n) is 9.28. The van der Waals surface area contributed by atoms with Crippen molar-refractivity contribution in [1.29, 1.82) is 5.26 Å². The molecule has 6 nitrogen and oxygen atoms in total. The van der Waals surface area contributed by atoms with Gasteiger partial charge in [-0.3, -0.25) is 4.79 Å². The van der Waals surface area contributed by atoms with Gasteiger partial charge >= 0.3 is 0 Å². The number of aryl methyl sites for hydroxylation is 1. The van der Waals surface area contributed by atoms with Gasteiger partial charge in [0.05, 0.1) is 11.6 Å². The van der Waals surface area contributed by atoms with E-state index in [1.54, 1.807) is 32.2 Å². The number of rotatable bonds is 11. The predicted molar refractivity (Wildman–Crippen MR) is 137 cm³/mol. The molecular formula is C29H32FN3O3. The average molecular weight is 490 g/mol. The molecule has 0 aliphatic heterocycles. The molecule has 0 aliphatic rings. The minimum atomic E-state index is -1.15. The summed E-state index contributed by atoms with van der Waals surface area (Å²) >= 11 is 0. The molecule has 0 saturated heterocycles. The highest BCUT2D eigenvalue weighted by Crippen LogP contribution is 2.27. The summed E-state index contributed by atoms with van der Waals surface area (Å²) in [5.74, 6) is 0.591. The second kappa shape index (κ2) is 12.2. The van der Waals surface area contributed by atoms with Crippen molar-refractivity contribution in [3.8, 4) is 17.7 Å². The predicted octanol–water partition coefficient (Wildman–Crippen LogP) is 5.30. The van der Waals surface area contributed by atoms with E-state index < -0.39 is 12.3 Å². The monoisotopic (exact) mass is 489 g/mol. The van der Waals surface area contributed by atoms with Crippen LogP contribution >= 0.6 is 0 Å². The molecule has 3 rings (SSSR count). The van der Waals surface area contributed by atoms with Gasteiger partial charge in [-0.1, -0.05) is 30.3 Å². The van der Waals surface area contributed by atoms with Crippen LogP contribution in [0.4, 0.5) is 4.39 Å². The van der Waals surface area contributed by atoms with Crippen molar-refractivity contribution < 1.29 is 18.7 Å². The van der Waals surface area contributed by atoms with Crippen LogP contribution < -0.4 is 14.8 Å². The Morgan fingerprint density at radius 1 is 1.17 bits per heavy atom.